The number of hydrogen-bond donors (Lipinski definition) is 1. The van der Waals surface area contributed by atoms with Gasteiger partial charge in [0.05, 0.1) is 6.61 Å². The van der Waals surface area contributed by atoms with Crippen LogP contribution in [0.4, 0.5) is 4.79 Å². The summed E-state index contributed by atoms with van der Waals surface area (Å²) < 4.78 is 9.91. The van der Waals surface area contributed by atoms with Gasteiger partial charge in [0.1, 0.15) is 17.4 Å². The summed E-state index contributed by atoms with van der Waals surface area (Å²) in [5.74, 6) is -0.616. The highest BCUT2D eigenvalue weighted by molar-refractivity contribution is 5.82. The molecule has 0 spiro atoms. The van der Waals surface area contributed by atoms with Crippen molar-refractivity contribution in [3.8, 4) is 0 Å². The molecule has 0 saturated heterocycles. The lowest BCUT2D eigenvalue weighted by Gasteiger charge is -2.22. The number of rotatable bonds is 6. The summed E-state index contributed by atoms with van der Waals surface area (Å²) in [6, 6.07) is -0.862. The van der Waals surface area contributed by atoms with Gasteiger partial charge in [0, 0.05) is 6.42 Å². The van der Waals surface area contributed by atoms with E-state index in [2.05, 4.69) is 5.32 Å². The molecule has 0 aromatic heterocycles. The topological polar surface area (TPSA) is 81.7 Å². The fourth-order valence-corrected chi connectivity index (χ4v) is 1.29. The number of nitrogens with one attached hydrogen (secondary N) is 1. The number of hydrogen-bond acceptors (Lipinski definition) is 5. The number of Topliss-reactive ketones (excluding diaryl/α,β-unsaturated/α-hetero) is 1. The maximum absolute atomic E-state index is 11.7. The van der Waals surface area contributed by atoms with Crippen LogP contribution in [0.15, 0.2) is 0 Å². The van der Waals surface area contributed by atoms with Crippen molar-refractivity contribution >= 4 is 17.8 Å². The number of ketones is 1. The van der Waals surface area contributed by atoms with Gasteiger partial charge in [-0.25, -0.2) is 9.59 Å². The average Bonchev–Trinajstić information content (AvgIpc) is 2.21. The monoisotopic (exact) mass is 273 g/mol. The Hall–Kier alpha value is -1.59. The number of ether oxygens (including phenoxy) is 2. The van der Waals surface area contributed by atoms with E-state index in [1.807, 2.05) is 0 Å². The lowest BCUT2D eigenvalue weighted by Crippen LogP contribution is -2.44. The van der Waals surface area contributed by atoms with E-state index in [1.165, 1.54) is 6.92 Å². The summed E-state index contributed by atoms with van der Waals surface area (Å²) in [7, 11) is 0. The molecule has 0 radical (unpaired) electrons. The quantitative estimate of drug-likeness (QED) is 0.746. The standard InChI is InChI=1S/C13H23NO5/c1-6-18-11(16)10(8-7-9(2)15)14-12(17)19-13(3,4)5/h10H,6-8H2,1-5H3,(H,14,17)/t10-/m1/s1. The Morgan fingerprint density at radius 3 is 2.21 bits per heavy atom. The normalized spacial score (nSPS) is 12.5. The van der Waals surface area contributed by atoms with Crippen molar-refractivity contribution in [1.29, 1.82) is 0 Å². The smallest absolute Gasteiger partial charge is 0.408 e. The first-order valence-electron chi connectivity index (χ1n) is 6.31. The number of carbonyl (C=O) groups is 3. The zero-order valence-corrected chi connectivity index (χ0v) is 12.2. The van der Waals surface area contributed by atoms with Crippen LogP contribution in [0.3, 0.4) is 0 Å². The second-order valence-electron chi connectivity index (χ2n) is 5.19. The van der Waals surface area contributed by atoms with Gasteiger partial charge in [0.15, 0.2) is 0 Å². The predicted molar refractivity (Wildman–Crippen MR) is 69.7 cm³/mol. The average molecular weight is 273 g/mol. The molecular weight excluding hydrogens is 250 g/mol. The number of esters is 1. The van der Waals surface area contributed by atoms with Crippen LogP contribution in [0.5, 0.6) is 0 Å². The lowest BCUT2D eigenvalue weighted by atomic mass is 10.1. The van der Waals surface area contributed by atoms with Crippen LogP contribution >= 0.6 is 0 Å². The number of carbonyl (C=O) groups excluding carboxylic acids is 3. The minimum atomic E-state index is -0.862. The van der Waals surface area contributed by atoms with Gasteiger partial charge >= 0.3 is 12.1 Å². The first-order chi connectivity index (χ1) is 8.65. The third-order valence-corrected chi connectivity index (χ3v) is 2.05. The Morgan fingerprint density at radius 2 is 1.79 bits per heavy atom. The van der Waals surface area contributed by atoms with Gasteiger partial charge in [-0.15, -0.1) is 0 Å². The maximum atomic E-state index is 11.7. The van der Waals surface area contributed by atoms with Crippen molar-refractivity contribution in [2.45, 2.75) is 59.1 Å². The summed E-state index contributed by atoms with van der Waals surface area (Å²) in [5, 5.41) is 2.43. The molecule has 110 valence electrons. The Bertz CT molecular complexity index is 332. The first-order valence-corrected chi connectivity index (χ1v) is 6.31. The number of amides is 1. The van der Waals surface area contributed by atoms with Crippen molar-refractivity contribution in [3.05, 3.63) is 0 Å². The Morgan fingerprint density at radius 1 is 1.21 bits per heavy atom. The fraction of sp³-hybridized carbons (Fsp3) is 0.769. The highest BCUT2D eigenvalue weighted by Crippen LogP contribution is 2.08. The molecule has 0 saturated carbocycles. The van der Waals surface area contributed by atoms with Crippen LogP contribution in [-0.4, -0.2) is 36.1 Å². The molecule has 1 N–H and O–H groups in total. The van der Waals surface area contributed by atoms with Gasteiger partial charge in [-0.2, -0.15) is 0 Å². The summed E-state index contributed by atoms with van der Waals surface area (Å²) in [6.45, 7) is 8.49. The van der Waals surface area contributed by atoms with Crippen molar-refractivity contribution in [3.63, 3.8) is 0 Å². The minimum absolute atomic E-state index is 0.0553. The summed E-state index contributed by atoms with van der Waals surface area (Å²) >= 11 is 0. The molecule has 0 heterocycles. The molecule has 6 nitrogen and oxygen atoms in total. The van der Waals surface area contributed by atoms with Crippen LogP contribution in [0, 0.1) is 0 Å². The Balaban J connectivity index is 4.52. The zero-order chi connectivity index (χ0) is 15.1. The third-order valence-electron chi connectivity index (χ3n) is 2.05. The molecule has 1 amide bonds. The van der Waals surface area contributed by atoms with Crippen LogP contribution in [-0.2, 0) is 19.1 Å². The molecule has 0 aromatic carbocycles. The molecular formula is C13H23NO5. The van der Waals surface area contributed by atoms with E-state index in [1.54, 1.807) is 27.7 Å². The molecule has 1 atom stereocenters. The predicted octanol–water partition coefficient (Wildman–Crippen LogP) is 1.81. The second kappa shape index (κ2) is 7.76. The molecule has 0 fully saturated rings. The summed E-state index contributed by atoms with van der Waals surface area (Å²) in [5.41, 5.74) is -0.649. The van der Waals surface area contributed by atoms with Gasteiger partial charge in [0.25, 0.3) is 0 Å². The van der Waals surface area contributed by atoms with Gasteiger partial charge in [-0.05, 0) is 41.0 Å². The van der Waals surface area contributed by atoms with Crippen molar-refractivity contribution in [2.75, 3.05) is 6.61 Å². The van der Waals surface area contributed by atoms with E-state index < -0.39 is 23.7 Å². The fourth-order valence-electron chi connectivity index (χ4n) is 1.29. The highest BCUT2D eigenvalue weighted by Gasteiger charge is 2.25. The molecule has 0 bridgehead atoms. The van der Waals surface area contributed by atoms with E-state index in [0.717, 1.165) is 0 Å². The molecule has 0 aliphatic carbocycles. The van der Waals surface area contributed by atoms with Gasteiger partial charge < -0.3 is 19.6 Å². The van der Waals surface area contributed by atoms with Crippen LogP contribution in [0.2, 0.25) is 0 Å². The molecule has 19 heavy (non-hydrogen) atoms. The lowest BCUT2D eigenvalue weighted by molar-refractivity contribution is -0.145. The van der Waals surface area contributed by atoms with E-state index in [-0.39, 0.29) is 25.2 Å². The molecule has 0 unspecified atom stereocenters. The van der Waals surface area contributed by atoms with Crippen molar-refractivity contribution < 1.29 is 23.9 Å². The molecule has 0 aliphatic rings. The van der Waals surface area contributed by atoms with Crippen molar-refractivity contribution in [1.82, 2.24) is 5.32 Å². The summed E-state index contributed by atoms with van der Waals surface area (Å²) in [4.78, 5) is 34.2. The van der Waals surface area contributed by atoms with Gasteiger partial charge in [-0.3, -0.25) is 0 Å². The zero-order valence-electron chi connectivity index (χ0n) is 12.2. The highest BCUT2D eigenvalue weighted by atomic mass is 16.6. The molecule has 0 aliphatic heterocycles. The van der Waals surface area contributed by atoms with Crippen LogP contribution in [0.1, 0.15) is 47.5 Å². The van der Waals surface area contributed by atoms with Crippen LogP contribution < -0.4 is 5.32 Å². The summed E-state index contributed by atoms with van der Waals surface area (Å²) in [6.07, 6.45) is -0.304. The minimum Gasteiger partial charge on any atom is -0.464 e. The Labute approximate surface area is 113 Å². The molecule has 6 heteroatoms. The SMILES string of the molecule is CCOC(=O)[C@@H](CCC(C)=O)NC(=O)OC(C)(C)C. The molecule has 0 aromatic rings. The van der Waals surface area contributed by atoms with Crippen LogP contribution in [0.25, 0.3) is 0 Å². The third kappa shape index (κ3) is 9.04. The van der Waals surface area contributed by atoms with E-state index >= 15 is 0 Å². The van der Waals surface area contributed by atoms with E-state index in [4.69, 9.17) is 9.47 Å². The van der Waals surface area contributed by atoms with E-state index in [9.17, 15) is 14.4 Å². The Kier molecular flexibility index (Phi) is 7.11. The van der Waals surface area contributed by atoms with Gasteiger partial charge in [-0.1, -0.05) is 0 Å². The van der Waals surface area contributed by atoms with E-state index in [0.29, 0.717) is 0 Å². The maximum Gasteiger partial charge on any atom is 0.408 e. The molecule has 0 rings (SSSR count). The largest absolute Gasteiger partial charge is 0.464 e. The second-order valence-corrected chi connectivity index (χ2v) is 5.19. The van der Waals surface area contributed by atoms with Gasteiger partial charge in [0.2, 0.25) is 0 Å². The number of alkyl carbamates (subject to hydrolysis) is 1. The first kappa shape index (κ1) is 17.4. The van der Waals surface area contributed by atoms with Crippen molar-refractivity contribution in [2.24, 2.45) is 0 Å².